The highest BCUT2D eigenvalue weighted by molar-refractivity contribution is 6.07. The largest absolute Gasteiger partial charge is 0.487 e. The molecule has 1 aliphatic rings. The van der Waals surface area contributed by atoms with Gasteiger partial charge in [0, 0.05) is 12.6 Å². The number of nitriles is 1. The van der Waals surface area contributed by atoms with Crippen LogP contribution in [0.15, 0.2) is 24.4 Å². The Bertz CT molecular complexity index is 890. The number of hydrogen-bond acceptors (Lipinski definition) is 5. The molecule has 0 saturated heterocycles. The van der Waals surface area contributed by atoms with E-state index in [2.05, 4.69) is 10.4 Å². The summed E-state index contributed by atoms with van der Waals surface area (Å²) in [6.07, 6.45) is 1.63. The number of nitrogens with zero attached hydrogens (tertiary/aromatic N) is 3. The molecule has 0 bridgehead atoms. The number of carbonyl (C=O) groups excluding carboxylic acids is 2. The molecular weight excluding hydrogens is 308 g/mol. The van der Waals surface area contributed by atoms with Crippen LogP contribution in [0.2, 0.25) is 0 Å². The van der Waals surface area contributed by atoms with Crippen molar-refractivity contribution in [1.82, 2.24) is 9.78 Å². The zero-order chi connectivity index (χ0) is 17.5. The third-order valence-corrected chi connectivity index (χ3v) is 3.81. The minimum Gasteiger partial charge on any atom is -0.487 e. The molecule has 1 aromatic carbocycles. The third kappa shape index (κ3) is 2.74. The number of aryl methyl sites for hydroxylation is 1. The molecule has 3 rings (SSSR count). The summed E-state index contributed by atoms with van der Waals surface area (Å²) in [4.78, 5) is 24.7. The maximum absolute atomic E-state index is 12.4. The fourth-order valence-corrected chi connectivity index (χ4v) is 2.64. The van der Waals surface area contributed by atoms with Crippen molar-refractivity contribution in [2.24, 2.45) is 7.05 Å². The molecule has 1 amide bonds. The second-order valence-corrected chi connectivity index (χ2v) is 6.27. The van der Waals surface area contributed by atoms with Gasteiger partial charge >= 0.3 is 0 Å². The predicted octanol–water partition coefficient (Wildman–Crippen LogP) is 2.29. The van der Waals surface area contributed by atoms with Gasteiger partial charge in [-0.15, -0.1) is 0 Å². The average molecular weight is 324 g/mol. The van der Waals surface area contributed by atoms with Crippen LogP contribution in [0.25, 0.3) is 0 Å². The summed E-state index contributed by atoms with van der Waals surface area (Å²) in [6.45, 7) is 3.70. The fraction of sp³-hybridized carbons (Fsp3) is 0.294. The number of ether oxygens (including phenoxy) is 1. The zero-order valence-electron chi connectivity index (χ0n) is 13.6. The van der Waals surface area contributed by atoms with Gasteiger partial charge in [0.05, 0.1) is 18.2 Å². The topological polar surface area (TPSA) is 97.0 Å². The van der Waals surface area contributed by atoms with Gasteiger partial charge in [0.15, 0.2) is 5.78 Å². The van der Waals surface area contributed by atoms with E-state index in [4.69, 9.17) is 10.00 Å². The summed E-state index contributed by atoms with van der Waals surface area (Å²) in [5.74, 6) is 0.305. The first kappa shape index (κ1) is 15.7. The van der Waals surface area contributed by atoms with Crippen molar-refractivity contribution in [3.8, 4) is 11.8 Å². The normalized spacial score (nSPS) is 15.2. The van der Waals surface area contributed by atoms with Crippen LogP contribution in [0.4, 0.5) is 5.82 Å². The number of hydrogen-bond donors (Lipinski definition) is 1. The molecule has 24 heavy (non-hydrogen) atoms. The first-order valence-electron chi connectivity index (χ1n) is 7.40. The number of aromatic nitrogens is 2. The van der Waals surface area contributed by atoms with Crippen molar-refractivity contribution in [3.05, 3.63) is 41.1 Å². The maximum atomic E-state index is 12.4. The van der Waals surface area contributed by atoms with Gasteiger partial charge in [-0.1, -0.05) is 0 Å². The van der Waals surface area contributed by atoms with Gasteiger partial charge in [0.2, 0.25) is 0 Å². The Labute approximate surface area is 138 Å². The Kier molecular flexibility index (Phi) is 3.60. The Hall–Kier alpha value is -3.14. The van der Waals surface area contributed by atoms with E-state index in [1.807, 2.05) is 19.9 Å². The Balaban J connectivity index is 1.90. The lowest BCUT2D eigenvalue weighted by Crippen LogP contribution is -2.36. The van der Waals surface area contributed by atoms with Crippen LogP contribution < -0.4 is 10.1 Å². The Morgan fingerprint density at radius 3 is 2.92 bits per heavy atom. The lowest BCUT2D eigenvalue weighted by molar-refractivity contribution is 0.0620. The molecular formula is C17H16N4O3. The van der Waals surface area contributed by atoms with Crippen molar-refractivity contribution in [2.45, 2.75) is 25.9 Å². The van der Waals surface area contributed by atoms with E-state index in [0.717, 1.165) is 0 Å². The standard InChI is InChI=1S/C17H16N4O3/c1-17(2)7-13(22)12-6-10(4-5-14(12)24-17)16(23)20-15-11(8-18)9-19-21(15)3/h4-6,9H,7H2,1-3H3,(H,20,23). The van der Waals surface area contributed by atoms with Crippen LogP contribution in [-0.4, -0.2) is 27.1 Å². The molecule has 2 aromatic rings. The summed E-state index contributed by atoms with van der Waals surface area (Å²) in [6, 6.07) is 6.70. The summed E-state index contributed by atoms with van der Waals surface area (Å²) >= 11 is 0. The molecule has 0 fully saturated rings. The number of Topliss-reactive ketones (excluding diaryl/α,β-unsaturated/α-hetero) is 1. The molecule has 0 unspecified atom stereocenters. The van der Waals surface area contributed by atoms with E-state index in [-0.39, 0.29) is 17.8 Å². The number of anilines is 1. The molecule has 7 heteroatoms. The van der Waals surface area contributed by atoms with Gasteiger partial charge in [0.25, 0.3) is 5.91 Å². The monoisotopic (exact) mass is 324 g/mol. The number of fused-ring (bicyclic) bond motifs is 1. The molecule has 1 aliphatic heterocycles. The molecule has 0 radical (unpaired) electrons. The van der Waals surface area contributed by atoms with Crippen LogP contribution in [0.1, 0.15) is 46.5 Å². The van der Waals surface area contributed by atoms with Gasteiger partial charge < -0.3 is 10.1 Å². The van der Waals surface area contributed by atoms with Gasteiger partial charge in [-0.3, -0.25) is 14.3 Å². The minimum absolute atomic E-state index is 0.0610. The van der Waals surface area contributed by atoms with Crippen LogP contribution in [0, 0.1) is 11.3 Å². The van der Waals surface area contributed by atoms with E-state index in [1.54, 1.807) is 19.2 Å². The molecule has 122 valence electrons. The van der Waals surface area contributed by atoms with Crippen LogP contribution in [-0.2, 0) is 7.05 Å². The molecule has 0 saturated carbocycles. The van der Waals surface area contributed by atoms with Crippen molar-refractivity contribution < 1.29 is 14.3 Å². The highest BCUT2D eigenvalue weighted by Crippen LogP contribution is 2.33. The van der Waals surface area contributed by atoms with Crippen molar-refractivity contribution in [3.63, 3.8) is 0 Å². The van der Waals surface area contributed by atoms with Crippen molar-refractivity contribution >= 4 is 17.5 Å². The Morgan fingerprint density at radius 1 is 1.46 bits per heavy atom. The zero-order valence-corrected chi connectivity index (χ0v) is 13.6. The highest BCUT2D eigenvalue weighted by Gasteiger charge is 2.32. The summed E-state index contributed by atoms with van der Waals surface area (Å²) in [5.41, 5.74) is 0.428. The van der Waals surface area contributed by atoms with E-state index in [0.29, 0.717) is 22.7 Å². The summed E-state index contributed by atoms with van der Waals surface area (Å²) < 4.78 is 7.18. The fourth-order valence-electron chi connectivity index (χ4n) is 2.64. The van der Waals surface area contributed by atoms with Gasteiger partial charge in [-0.25, -0.2) is 0 Å². The maximum Gasteiger partial charge on any atom is 0.256 e. The molecule has 0 aliphatic carbocycles. The molecule has 1 aromatic heterocycles. The van der Waals surface area contributed by atoms with Crippen molar-refractivity contribution in [1.29, 1.82) is 5.26 Å². The minimum atomic E-state index is -0.551. The number of carbonyl (C=O) groups is 2. The average Bonchev–Trinajstić information content (AvgIpc) is 2.86. The van der Waals surface area contributed by atoms with Gasteiger partial charge in [-0.2, -0.15) is 10.4 Å². The van der Waals surface area contributed by atoms with E-state index in [9.17, 15) is 9.59 Å². The van der Waals surface area contributed by atoms with Crippen LogP contribution in [0.5, 0.6) is 5.75 Å². The molecule has 2 heterocycles. The third-order valence-electron chi connectivity index (χ3n) is 3.81. The van der Waals surface area contributed by atoms with E-state index in [1.165, 1.54) is 16.9 Å². The number of amides is 1. The molecule has 0 atom stereocenters. The lowest BCUT2D eigenvalue weighted by atomic mass is 9.92. The lowest BCUT2D eigenvalue weighted by Gasteiger charge is -2.31. The smallest absolute Gasteiger partial charge is 0.256 e. The predicted molar refractivity (Wildman–Crippen MR) is 86.0 cm³/mol. The SMILES string of the molecule is Cn1ncc(C#N)c1NC(=O)c1ccc2c(c1)C(=O)CC(C)(C)O2. The molecule has 1 N–H and O–H groups in total. The number of ketones is 1. The second kappa shape index (κ2) is 5.49. The summed E-state index contributed by atoms with van der Waals surface area (Å²) in [7, 11) is 1.63. The highest BCUT2D eigenvalue weighted by atomic mass is 16.5. The summed E-state index contributed by atoms with van der Waals surface area (Å²) in [5, 5.41) is 15.6. The number of rotatable bonds is 2. The first-order chi connectivity index (χ1) is 11.3. The van der Waals surface area contributed by atoms with E-state index < -0.39 is 11.5 Å². The number of nitrogens with one attached hydrogen (secondary N) is 1. The van der Waals surface area contributed by atoms with Crippen LogP contribution >= 0.6 is 0 Å². The first-order valence-corrected chi connectivity index (χ1v) is 7.40. The van der Waals surface area contributed by atoms with Gasteiger partial charge in [0.1, 0.15) is 28.8 Å². The molecule has 7 nitrogen and oxygen atoms in total. The quantitative estimate of drug-likeness (QED) is 0.914. The van der Waals surface area contributed by atoms with E-state index >= 15 is 0 Å². The number of benzene rings is 1. The van der Waals surface area contributed by atoms with Crippen LogP contribution in [0.3, 0.4) is 0 Å². The van der Waals surface area contributed by atoms with Gasteiger partial charge in [-0.05, 0) is 32.0 Å². The van der Waals surface area contributed by atoms with Crippen molar-refractivity contribution in [2.75, 3.05) is 5.32 Å². The Morgan fingerprint density at radius 2 is 2.21 bits per heavy atom. The second-order valence-electron chi connectivity index (χ2n) is 6.27. The molecule has 0 spiro atoms.